The normalized spacial score (nSPS) is 18.5. The summed E-state index contributed by atoms with van der Waals surface area (Å²) in [6.07, 6.45) is 5.32. The fraction of sp³-hybridized carbons (Fsp3) is 0.706. The van der Waals surface area contributed by atoms with Gasteiger partial charge in [-0.05, 0) is 64.1 Å². The Labute approximate surface area is 148 Å². The van der Waals surface area contributed by atoms with Gasteiger partial charge in [-0.25, -0.2) is 14.8 Å². The third-order valence-corrected chi connectivity index (χ3v) is 3.97. The monoisotopic (exact) mass is 355 g/mol. The summed E-state index contributed by atoms with van der Waals surface area (Å²) in [5, 5.41) is 0.222. The van der Waals surface area contributed by atoms with Crippen LogP contribution in [0.15, 0.2) is 12.3 Å². The van der Waals surface area contributed by atoms with Crippen LogP contribution >= 0.6 is 11.6 Å². The lowest BCUT2D eigenvalue weighted by molar-refractivity contribution is 0.00368. The second kappa shape index (κ2) is 8.62. The third-order valence-electron chi connectivity index (χ3n) is 3.78. The van der Waals surface area contributed by atoms with Crippen molar-refractivity contribution < 1.29 is 14.3 Å². The van der Waals surface area contributed by atoms with Gasteiger partial charge in [0.15, 0.2) is 0 Å². The summed E-state index contributed by atoms with van der Waals surface area (Å²) in [4.78, 5) is 22.1. The molecule has 1 aliphatic heterocycles. The highest BCUT2D eigenvalue weighted by Gasteiger charge is 2.30. The van der Waals surface area contributed by atoms with Crippen LogP contribution in [-0.4, -0.2) is 45.8 Å². The van der Waals surface area contributed by atoms with Crippen LogP contribution in [0.1, 0.15) is 52.1 Å². The van der Waals surface area contributed by atoms with E-state index in [1.807, 2.05) is 25.7 Å². The molecule has 0 spiro atoms. The molecule has 0 saturated carbocycles. The molecule has 134 valence electrons. The molecule has 1 saturated heterocycles. The summed E-state index contributed by atoms with van der Waals surface area (Å²) in [7, 11) is 0. The summed E-state index contributed by atoms with van der Waals surface area (Å²) >= 11 is 5.75. The van der Waals surface area contributed by atoms with E-state index < -0.39 is 5.60 Å². The highest BCUT2D eigenvalue weighted by molar-refractivity contribution is 6.28. The number of ether oxygens (including phenoxy) is 2. The van der Waals surface area contributed by atoms with Crippen LogP contribution < -0.4 is 0 Å². The number of likely N-dealkylation sites (tertiary alicyclic amines) is 1. The number of hydrogen-bond acceptors (Lipinski definition) is 5. The molecular weight excluding hydrogens is 330 g/mol. The number of carbonyl (C=O) groups is 1. The third kappa shape index (κ3) is 6.24. The minimum absolute atomic E-state index is 0.169. The Morgan fingerprint density at radius 1 is 1.42 bits per heavy atom. The summed E-state index contributed by atoms with van der Waals surface area (Å²) in [6, 6.07) is 1.95. The Balaban J connectivity index is 1.79. The Kier molecular flexibility index (Phi) is 6.80. The van der Waals surface area contributed by atoms with Gasteiger partial charge in [0.1, 0.15) is 5.60 Å². The van der Waals surface area contributed by atoms with Gasteiger partial charge >= 0.3 is 6.09 Å². The SMILES string of the molecule is CC(C)(C)OC(=O)N1CCCC[C@@H]1CCOCc1ccnc(Cl)n1. The van der Waals surface area contributed by atoms with Gasteiger partial charge in [-0.3, -0.25) is 0 Å². The minimum Gasteiger partial charge on any atom is -0.444 e. The van der Waals surface area contributed by atoms with E-state index in [1.54, 1.807) is 12.3 Å². The molecule has 7 heteroatoms. The summed E-state index contributed by atoms with van der Waals surface area (Å²) in [5.74, 6) is 0. The first-order valence-corrected chi connectivity index (χ1v) is 8.78. The van der Waals surface area contributed by atoms with Crippen LogP contribution in [0.2, 0.25) is 5.28 Å². The molecule has 1 fully saturated rings. The number of piperidine rings is 1. The largest absolute Gasteiger partial charge is 0.444 e. The molecule has 24 heavy (non-hydrogen) atoms. The molecule has 0 N–H and O–H groups in total. The number of rotatable bonds is 5. The molecule has 1 aromatic rings. The molecule has 0 aliphatic carbocycles. The van der Waals surface area contributed by atoms with Crippen molar-refractivity contribution in [3.05, 3.63) is 23.2 Å². The molecule has 2 heterocycles. The van der Waals surface area contributed by atoms with Gasteiger partial charge in [0.2, 0.25) is 5.28 Å². The Morgan fingerprint density at radius 2 is 2.21 bits per heavy atom. The molecule has 0 radical (unpaired) electrons. The van der Waals surface area contributed by atoms with Crippen LogP contribution in [0.4, 0.5) is 4.79 Å². The van der Waals surface area contributed by atoms with Crippen molar-refractivity contribution in [1.82, 2.24) is 14.9 Å². The average molecular weight is 356 g/mol. The van der Waals surface area contributed by atoms with Crippen molar-refractivity contribution in [2.45, 2.75) is 64.7 Å². The Hall–Kier alpha value is -1.40. The molecule has 6 nitrogen and oxygen atoms in total. The maximum absolute atomic E-state index is 12.3. The number of halogens is 1. The van der Waals surface area contributed by atoms with Crippen molar-refractivity contribution in [3.63, 3.8) is 0 Å². The lowest BCUT2D eigenvalue weighted by atomic mass is 10.0. The van der Waals surface area contributed by atoms with Crippen LogP contribution in [0, 0.1) is 0 Å². The smallest absolute Gasteiger partial charge is 0.410 e. The number of aromatic nitrogens is 2. The predicted octanol–water partition coefficient (Wildman–Crippen LogP) is 3.83. The fourth-order valence-electron chi connectivity index (χ4n) is 2.71. The van der Waals surface area contributed by atoms with E-state index in [9.17, 15) is 4.79 Å². The zero-order valence-corrected chi connectivity index (χ0v) is 15.4. The average Bonchev–Trinajstić information content (AvgIpc) is 2.50. The standard InChI is InChI=1S/C17H26ClN3O3/c1-17(2,3)24-16(22)21-10-5-4-6-14(21)8-11-23-12-13-7-9-19-15(18)20-13/h7,9,14H,4-6,8,10-12H2,1-3H3/t14-/m1/s1. The zero-order chi connectivity index (χ0) is 17.6. The lowest BCUT2D eigenvalue weighted by Crippen LogP contribution is -2.46. The molecule has 1 atom stereocenters. The lowest BCUT2D eigenvalue weighted by Gasteiger charge is -2.36. The van der Waals surface area contributed by atoms with Crippen LogP contribution in [0.3, 0.4) is 0 Å². The maximum atomic E-state index is 12.3. The van der Waals surface area contributed by atoms with E-state index in [0.29, 0.717) is 13.2 Å². The van der Waals surface area contributed by atoms with E-state index in [0.717, 1.165) is 37.9 Å². The number of hydrogen-bond donors (Lipinski definition) is 0. The van der Waals surface area contributed by atoms with Crippen molar-refractivity contribution in [1.29, 1.82) is 0 Å². The summed E-state index contributed by atoms with van der Waals surface area (Å²) in [6.45, 7) is 7.37. The van der Waals surface area contributed by atoms with Gasteiger partial charge in [0.05, 0.1) is 12.3 Å². The molecule has 1 amide bonds. The van der Waals surface area contributed by atoms with E-state index >= 15 is 0 Å². The summed E-state index contributed by atoms with van der Waals surface area (Å²) < 4.78 is 11.2. The van der Waals surface area contributed by atoms with Gasteiger partial charge in [-0.15, -0.1) is 0 Å². The van der Waals surface area contributed by atoms with E-state index in [1.165, 1.54) is 0 Å². The second-order valence-corrected chi connectivity index (χ2v) is 7.32. The van der Waals surface area contributed by atoms with Gasteiger partial charge in [0, 0.05) is 25.4 Å². The summed E-state index contributed by atoms with van der Waals surface area (Å²) in [5.41, 5.74) is 0.282. The van der Waals surface area contributed by atoms with Crippen LogP contribution in [-0.2, 0) is 16.1 Å². The van der Waals surface area contributed by atoms with Gasteiger partial charge in [0.25, 0.3) is 0 Å². The molecule has 0 aromatic carbocycles. The quantitative estimate of drug-likeness (QED) is 0.593. The van der Waals surface area contributed by atoms with Crippen molar-refractivity contribution >= 4 is 17.7 Å². The first-order valence-electron chi connectivity index (χ1n) is 8.40. The van der Waals surface area contributed by atoms with Crippen LogP contribution in [0.5, 0.6) is 0 Å². The molecule has 0 bridgehead atoms. The van der Waals surface area contributed by atoms with Gasteiger partial charge < -0.3 is 14.4 Å². The van der Waals surface area contributed by atoms with E-state index in [2.05, 4.69) is 9.97 Å². The number of carbonyl (C=O) groups excluding carboxylic acids is 1. The van der Waals surface area contributed by atoms with Crippen molar-refractivity contribution in [3.8, 4) is 0 Å². The van der Waals surface area contributed by atoms with E-state index in [-0.39, 0.29) is 17.4 Å². The van der Waals surface area contributed by atoms with Gasteiger partial charge in [-0.1, -0.05) is 0 Å². The highest BCUT2D eigenvalue weighted by Crippen LogP contribution is 2.22. The Morgan fingerprint density at radius 3 is 2.92 bits per heavy atom. The molecule has 1 aliphatic rings. The minimum atomic E-state index is -0.470. The maximum Gasteiger partial charge on any atom is 0.410 e. The topological polar surface area (TPSA) is 64.5 Å². The molecule has 0 unspecified atom stereocenters. The predicted molar refractivity (Wildman–Crippen MR) is 91.9 cm³/mol. The Bertz CT molecular complexity index is 548. The second-order valence-electron chi connectivity index (χ2n) is 6.98. The van der Waals surface area contributed by atoms with Crippen molar-refractivity contribution in [2.75, 3.05) is 13.2 Å². The highest BCUT2D eigenvalue weighted by atomic mass is 35.5. The first kappa shape index (κ1) is 18.9. The zero-order valence-electron chi connectivity index (χ0n) is 14.6. The molecule has 2 rings (SSSR count). The van der Waals surface area contributed by atoms with Crippen LogP contribution in [0.25, 0.3) is 0 Å². The van der Waals surface area contributed by atoms with E-state index in [4.69, 9.17) is 21.1 Å². The van der Waals surface area contributed by atoms with Gasteiger partial charge in [-0.2, -0.15) is 0 Å². The molecular formula is C17H26ClN3O3. The first-order chi connectivity index (χ1) is 11.3. The number of amides is 1. The fourth-order valence-corrected chi connectivity index (χ4v) is 2.87. The molecule has 1 aromatic heterocycles. The number of nitrogens with zero attached hydrogens (tertiary/aromatic N) is 3. The van der Waals surface area contributed by atoms with Crippen molar-refractivity contribution in [2.24, 2.45) is 0 Å².